The van der Waals surface area contributed by atoms with Crippen LogP contribution in [0.15, 0.2) is 41.3 Å². The molecule has 0 aliphatic carbocycles. The smallest absolute Gasteiger partial charge is 0.340 e. The van der Waals surface area contributed by atoms with Crippen molar-refractivity contribution >= 4 is 52.1 Å². The van der Waals surface area contributed by atoms with Crippen LogP contribution in [0.3, 0.4) is 0 Å². The highest BCUT2D eigenvalue weighted by Crippen LogP contribution is 2.28. The molecule has 3 rings (SSSR count). The first-order valence-electron chi connectivity index (χ1n) is 6.94. The lowest BCUT2D eigenvalue weighted by Crippen LogP contribution is -2.17. The zero-order chi connectivity index (χ0) is 18.1. The summed E-state index contributed by atoms with van der Waals surface area (Å²) in [6.45, 7) is -0.212. The zero-order valence-corrected chi connectivity index (χ0v) is 14.8. The number of carbonyl (C=O) groups excluding carboxylic acids is 1. The van der Waals surface area contributed by atoms with Gasteiger partial charge in [0.1, 0.15) is 12.3 Å². The summed E-state index contributed by atoms with van der Waals surface area (Å²) in [7, 11) is 0. The molecule has 0 amide bonds. The number of nitrogen functional groups attached to an aromatic ring is 1. The first-order chi connectivity index (χ1) is 11.8. The maximum atomic E-state index is 12.2. The second-order valence-electron chi connectivity index (χ2n) is 5.09. The van der Waals surface area contributed by atoms with Crippen LogP contribution in [-0.2, 0) is 11.3 Å². The number of pyridine rings is 1. The Morgan fingerprint density at radius 1 is 1.16 bits per heavy atom. The minimum absolute atomic E-state index is 0.0433. The number of rotatable bonds is 3. The summed E-state index contributed by atoms with van der Waals surface area (Å²) in [5, 5.41) is 0.812. The van der Waals surface area contributed by atoms with Gasteiger partial charge in [-0.1, -0.05) is 34.8 Å². The molecule has 128 valence electrons. The summed E-state index contributed by atoms with van der Waals surface area (Å²) in [5.74, 6) is -0.722. The van der Waals surface area contributed by atoms with Gasteiger partial charge in [0.15, 0.2) is 0 Å². The maximum absolute atomic E-state index is 12.2. The van der Waals surface area contributed by atoms with Crippen molar-refractivity contribution in [1.29, 1.82) is 0 Å². The van der Waals surface area contributed by atoms with E-state index in [-0.39, 0.29) is 39.2 Å². The van der Waals surface area contributed by atoms with Gasteiger partial charge in [-0.3, -0.25) is 9.20 Å². The zero-order valence-electron chi connectivity index (χ0n) is 12.5. The molecule has 0 saturated carbocycles. The number of nitrogens with two attached hydrogens (primary N) is 1. The van der Waals surface area contributed by atoms with Crippen LogP contribution in [0.4, 0.5) is 5.69 Å². The van der Waals surface area contributed by atoms with Crippen molar-refractivity contribution in [3.05, 3.63) is 73.2 Å². The standard InChI is InChI=1S/C16H10Cl3N3O3/c17-8-1-2-13-21-10(5-14(23)22(13)6-8)7-25-16(24)11-3-9(18)4-12(19)15(11)20/h1-6H,7,20H2. The third kappa shape index (κ3) is 3.71. The van der Waals surface area contributed by atoms with Crippen LogP contribution < -0.4 is 11.3 Å². The summed E-state index contributed by atoms with van der Waals surface area (Å²) < 4.78 is 6.45. The van der Waals surface area contributed by atoms with Crippen LogP contribution in [0.5, 0.6) is 0 Å². The molecule has 2 heterocycles. The molecule has 3 aromatic rings. The molecule has 1 aromatic carbocycles. The van der Waals surface area contributed by atoms with Crippen molar-refractivity contribution < 1.29 is 9.53 Å². The van der Waals surface area contributed by atoms with Crippen LogP contribution in [-0.4, -0.2) is 15.4 Å². The van der Waals surface area contributed by atoms with Gasteiger partial charge in [0.25, 0.3) is 5.56 Å². The van der Waals surface area contributed by atoms with E-state index < -0.39 is 5.97 Å². The quantitative estimate of drug-likeness (QED) is 0.538. The minimum atomic E-state index is -0.722. The lowest BCUT2D eigenvalue weighted by atomic mass is 10.2. The van der Waals surface area contributed by atoms with Crippen LogP contribution in [0.1, 0.15) is 16.1 Å². The Morgan fingerprint density at radius 2 is 1.92 bits per heavy atom. The number of benzene rings is 1. The van der Waals surface area contributed by atoms with Crippen LogP contribution in [0.25, 0.3) is 5.65 Å². The highest BCUT2D eigenvalue weighted by atomic mass is 35.5. The molecule has 2 aromatic heterocycles. The third-order valence-electron chi connectivity index (χ3n) is 3.34. The Labute approximate surface area is 156 Å². The Balaban J connectivity index is 1.84. The molecule has 0 spiro atoms. The van der Waals surface area contributed by atoms with Crippen molar-refractivity contribution in [3.8, 4) is 0 Å². The van der Waals surface area contributed by atoms with E-state index in [1.165, 1.54) is 28.8 Å². The fourth-order valence-electron chi connectivity index (χ4n) is 2.17. The predicted octanol–water partition coefficient (Wildman–Crippen LogP) is 3.59. The fraction of sp³-hybridized carbons (Fsp3) is 0.0625. The Hall–Kier alpha value is -2.28. The number of fused-ring (bicyclic) bond motifs is 1. The molecule has 0 aliphatic rings. The normalized spacial score (nSPS) is 10.8. The average Bonchev–Trinajstić information content (AvgIpc) is 2.56. The summed E-state index contributed by atoms with van der Waals surface area (Å²) in [5.41, 5.74) is 6.19. The molecule has 0 saturated heterocycles. The molecule has 9 heteroatoms. The van der Waals surface area contributed by atoms with E-state index >= 15 is 0 Å². The van der Waals surface area contributed by atoms with Gasteiger partial charge in [0.2, 0.25) is 0 Å². The van der Waals surface area contributed by atoms with Gasteiger partial charge < -0.3 is 10.5 Å². The van der Waals surface area contributed by atoms with E-state index in [0.717, 1.165) is 0 Å². The van der Waals surface area contributed by atoms with E-state index in [1.807, 2.05) is 0 Å². The molecular formula is C16H10Cl3N3O3. The number of esters is 1. The molecule has 0 radical (unpaired) electrons. The highest BCUT2D eigenvalue weighted by Gasteiger charge is 2.16. The Kier molecular flexibility index (Phi) is 4.85. The highest BCUT2D eigenvalue weighted by molar-refractivity contribution is 6.37. The number of aromatic nitrogens is 2. The van der Waals surface area contributed by atoms with E-state index in [2.05, 4.69) is 4.98 Å². The molecule has 25 heavy (non-hydrogen) atoms. The molecule has 2 N–H and O–H groups in total. The SMILES string of the molecule is Nc1c(Cl)cc(Cl)cc1C(=O)OCc1cc(=O)n2cc(Cl)ccc2n1. The van der Waals surface area contributed by atoms with Crippen molar-refractivity contribution in [2.24, 2.45) is 0 Å². The van der Waals surface area contributed by atoms with Crippen molar-refractivity contribution in [3.63, 3.8) is 0 Å². The first kappa shape index (κ1) is 17.5. The maximum Gasteiger partial charge on any atom is 0.340 e. The Morgan fingerprint density at radius 3 is 2.68 bits per heavy atom. The van der Waals surface area contributed by atoms with Crippen LogP contribution >= 0.6 is 34.8 Å². The van der Waals surface area contributed by atoms with Gasteiger partial charge in [-0.2, -0.15) is 0 Å². The molecule has 0 bridgehead atoms. The lowest BCUT2D eigenvalue weighted by molar-refractivity contribution is 0.0469. The molecule has 0 unspecified atom stereocenters. The Bertz CT molecular complexity index is 1050. The van der Waals surface area contributed by atoms with Crippen molar-refractivity contribution in [2.75, 3.05) is 5.73 Å². The summed E-state index contributed by atoms with van der Waals surface area (Å²) >= 11 is 17.6. The number of carbonyl (C=O) groups is 1. The number of ether oxygens (including phenoxy) is 1. The molecule has 0 fully saturated rings. The number of halogens is 3. The topological polar surface area (TPSA) is 86.7 Å². The third-order valence-corrected chi connectivity index (χ3v) is 4.10. The van der Waals surface area contributed by atoms with Gasteiger partial charge in [0, 0.05) is 17.3 Å². The molecular weight excluding hydrogens is 389 g/mol. The van der Waals surface area contributed by atoms with Gasteiger partial charge >= 0.3 is 5.97 Å². The van der Waals surface area contributed by atoms with Gasteiger partial charge in [0.05, 0.1) is 27.0 Å². The van der Waals surface area contributed by atoms with E-state index in [9.17, 15) is 9.59 Å². The largest absolute Gasteiger partial charge is 0.456 e. The summed E-state index contributed by atoms with van der Waals surface area (Å²) in [6.07, 6.45) is 1.46. The first-order valence-corrected chi connectivity index (χ1v) is 8.08. The van der Waals surface area contributed by atoms with Crippen LogP contribution in [0.2, 0.25) is 15.1 Å². The van der Waals surface area contributed by atoms with E-state index in [1.54, 1.807) is 12.1 Å². The number of nitrogens with zero attached hydrogens (tertiary/aromatic N) is 2. The minimum Gasteiger partial charge on any atom is -0.456 e. The number of anilines is 1. The van der Waals surface area contributed by atoms with E-state index in [4.69, 9.17) is 45.3 Å². The monoisotopic (exact) mass is 397 g/mol. The second kappa shape index (κ2) is 6.92. The predicted molar refractivity (Wildman–Crippen MR) is 96.5 cm³/mol. The number of hydrogen-bond acceptors (Lipinski definition) is 5. The average molecular weight is 399 g/mol. The van der Waals surface area contributed by atoms with E-state index in [0.29, 0.717) is 10.7 Å². The number of hydrogen-bond donors (Lipinski definition) is 1. The molecule has 0 atom stereocenters. The summed E-state index contributed by atoms with van der Waals surface area (Å²) in [4.78, 5) is 28.5. The fourth-order valence-corrected chi connectivity index (χ4v) is 2.82. The van der Waals surface area contributed by atoms with Crippen molar-refractivity contribution in [2.45, 2.75) is 6.61 Å². The van der Waals surface area contributed by atoms with Crippen LogP contribution in [0, 0.1) is 0 Å². The van der Waals surface area contributed by atoms with Gasteiger partial charge in [-0.25, -0.2) is 9.78 Å². The van der Waals surface area contributed by atoms with Crippen molar-refractivity contribution in [1.82, 2.24) is 9.38 Å². The lowest BCUT2D eigenvalue weighted by Gasteiger charge is -2.09. The second-order valence-corrected chi connectivity index (χ2v) is 6.37. The van der Waals surface area contributed by atoms with Gasteiger partial charge in [-0.05, 0) is 24.3 Å². The molecule has 6 nitrogen and oxygen atoms in total. The summed E-state index contributed by atoms with van der Waals surface area (Å²) in [6, 6.07) is 7.23. The molecule has 0 aliphatic heterocycles. The van der Waals surface area contributed by atoms with Gasteiger partial charge in [-0.15, -0.1) is 0 Å².